The van der Waals surface area contributed by atoms with Gasteiger partial charge in [-0.05, 0) is 29.2 Å². The molecule has 88 valence electrons. The van der Waals surface area contributed by atoms with Gasteiger partial charge in [0.2, 0.25) is 0 Å². The number of aryl methyl sites for hydroxylation is 1. The highest BCUT2D eigenvalue weighted by atomic mass is 15.1. The first kappa shape index (κ1) is 11.7. The molecule has 1 aromatic heterocycles. The summed E-state index contributed by atoms with van der Waals surface area (Å²) in [5, 5.41) is 7.62. The van der Waals surface area contributed by atoms with Crippen LogP contribution in [0.3, 0.4) is 0 Å². The molecule has 1 unspecified atom stereocenters. The Labute approximate surface area is 102 Å². The zero-order valence-corrected chi connectivity index (χ0v) is 10.0. The highest BCUT2D eigenvalue weighted by molar-refractivity contribution is 5.32. The van der Waals surface area contributed by atoms with E-state index < -0.39 is 0 Å². The van der Waals surface area contributed by atoms with Gasteiger partial charge in [-0.25, -0.2) is 0 Å². The van der Waals surface area contributed by atoms with Gasteiger partial charge in [0, 0.05) is 6.20 Å². The molecular weight excluding hydrogens is 210 g/mol. The van der Waals surface area contributed by atoms with Crippen LogP contribution in [0.2, 0.25) is 0 Å². The quantitative estimate of drug-likeness (QED) is 0.873. The summed E-state index contributed by atoms with van der Waals surface area (Å²) in [5.41, 5.74) is 9.67. The molecule has 1 aromatic carbocycles. The number of hydrogen-bond donors (Lipinski definition) is 1. The van der Waals surface area contributed by atoms with E-state index in [-0.39, 0.29) is 6.04 Å². The van der Waals surface area contributed by atoms with Gasteiger partial charge >= 0.3 is 0 Å². The summed E-state index contributed by atoms with van der Waals surface area (Å²) in [6, 6.07) is 10.2. The van der Waals surface area contributed by atoms with Crippen molar-refractivity contribution in [2.75, 3.05) is 0 Å². The highest BCUT2D eigenvalue weighted by Crippen LogP contribution is 2.19. The van der Waals surface area contributed by atoms with Crippen LogP contribution in [0, 0.1) is 0 Å². The molecule has 0 aliphatic rings. The molecule has 2 aromatic rings. The summed E-state index contributed by atoms with van der Waals surface area (Å²) in [7, 11) is 0. The first-order valence-corrected chi connectivity index (χ1v) is 5.92. The van der Waals surface area contributed by atoms with Crippen LogP contribution in [-0.2, 0) is 6.42 Å². The zero-order chi connectivity index (χ0) is 12.1. The minimum Gasteiger partial charge on any atom is -0.320 e. The molecule has 0 fully saturated rings. The van der Waals surface area contributed by atoms with Crippen molar-refractivity contribution >= 4 is 0 Å². The van der Waals surface area contributed by atoms with Crippen molar-refractivity contribution in [3.8, 4) is 0 Å². The van der Waals surface area contributed by atoms with Gasteiger partial charge in [-0.1, -0.05) is 37.6 Å². The lowest BCUT2D eigenvalue weighted by atomic mass is 9.98. The lowest BCUT2D eigenvalue weighted by Crippen LogP contribution is -2.12. The molecule has 2 N–H and O–H groups in total. The Morgan fingerprint density at radius 3 is 2.76 bits per heavy atom. The van der Waals surface area contributed by atoms with Crippen LogP contribution in [0.4, 0.5) is 0 Å². The fourth-order valence-corrected chi connectivity index (χ4v) is 1.91. The summed E-state index contributed by atoms with van der Waals surface area (Å²) in [4.78, 5) is 0. The Bertz CT molecular complexity index is 468. The number of rotatable bonds is 4. The van der Waals surface area contributed by atoms with E-state index in [4.69, 9.17) is 5.73 Å². The Hall–Kier alpha value is -1.74. The third-order valence-electron chi connectivity index (χ3n) is 2.82. The molecule has 0 radical (unpaired) electrons. The number of aromatic nitrogens is 2. The lowest BCUT2D eigenvalue weighted by Gasteiger charge is -2.12. The maximum Gasteiger partial charge on any atom is 0.0568 e. The zero-order valence-electron chi connectivity index (χ0n) is 10.0. The Balaban J connectivity index is 2.25. The first-order chi connectivity index (χ1) is 8.31. The van der Waals surface area contributed by atoms with E-state index in [9.17, 15) is 0 Å². The maximum absolute atomic E-state index is 6.21. The second-order valence-electron chi connectivity index (χ2n) is 4.15. The van der Waals surface area contributed by atoms with Crippen molar-refractivity contribution < 1.29 is 0 Å². The minimum atomic E-state index is -0.123. The number of nitrogens with zero attached hydrogens (tertiary/aromatic N) is 2. The molecule has 1 heterocycles. The van der Waals surface area contributed by atoms with Crippen LogP contribution in [0.15, 0.2) is 42.7 Å². The Morgan fingerprint density at radius 1 is 1.18 bits per heavy atom. The molecular formula is C14H17N3. The van der Waals surface area contributed by atoms with E-state index in [0.717, 1.165) is 24.0 Å². The fraction of sp³-hybridized carbons (Fsp3) is 0.286. The summed E-state index contributed by atoms with van der Waals surface area (Å²) < 4.78 is 0. The molecule has 0 amide bonds. The second-order valence-corrected chi connectivity index (χ2v) is 4.15. The number of hydrogen-bond acceptors (Lipinski definition) is 3. The topological polar surface area (TPSA) is 51.8 Å². The van der Waals surface area contributed by atoms with Crippen molar-refractivity contribution in [3.63, 3.8) is 0 Å². The van der Waals surface area contributed by atoms with Crippen LogP contribution in [0.5, 0.6) is 0 Å². The molecule has 0 aliphatic heterocycles. The number of benzene rings is 1. The third-order valence-corrected chi connectivity index (χ3v) is 2.82. The van der Waals surface area contributed by atoms with Gasteiger partial charge in [-0.3, -0.25) is 0 Å². The Morgan fingerprint density at radius 2 is 2.06 bits per heavy atom. The van der Waals surface area contributed by atoms with E-state index in [2.05, 4.69) is 41.4 Å². The standard InChI is InChI=1S/C14H17N3/c1-2-4-11-5-3-6-12(9-11)14(15)13-7-8-16-17-10-13/h3,5-10,14H,2,4,15H2,1H3. The smallest absolute Gasteiger partial charge is 0.0568 e. The predicted molar refractivity (Wildman–Crippen MR) is 68.5 cm³/mol. The molecule has 1 atom stereocenters. The maximum atomic E-state index is 6.21. The average molecular weight is 227 g/mol. The van der Waals surface area contributed by atoms with Crippen molar-refractivity contribution in [2.24, 2.45) is 5.73 Å². The molecule has 3 heteroatoms. The van der Waals surface area contributed by atoms with Crippen molar-refractivity contribution in [1.29, 1.82) is 0 Å². The molecule has 0 saturated carbocycles. The highest BCUT2D eigenvalue weighted by Gasteiger charge is 2.09. The minimum absolute atomic E-state index is 0.123. The summed E-state index contributed by atoms with van der Waals surface area (Å²) in [6.07, 6.45) is 5.63. The van der Waals surface area contributed by atoms with Gasteiger partial charge in [0.05, 0.1) is 12.2 Å². The fourth-order valence-electron chi connectivity index (χ4n) is 1.91. The largest absolute Gasteiger partial charge is 0.320 e. The second kappa shape index (κ2) is 5.55. The summed E-state index contributed by atoms with van der Waals surface area (Å²) in [5.74, 6) is 0. The molecule has 0 aliphatic carbocycles. The Kier molecular flexibility index (Phi) is 3.83. The lowest BCUT2D eigenvalue weighted by molar-refractivity contribution is 0.838. The summed E-state index contributed by atoms with van der Waals surface area (Å²) in [6.45, 7) is 2.18. The summed E-state index contributed by atoms with van der Waals surface area (Å²) >= 11 is 0. The van der Waals surface area contributed by atoms with E-state index in [1.807, 2.05) is 6.07 Å². The molecule has 0 saturated heterocycles. The van der Waals surface area contributed by atoms with Crippen LogP contribution >= 0.6 is 0 Å². The van der Waals surface area contributed by atoms with Gasteiger partial charge < -0.3 is 5.73 Å². The average Bonchev–Trinajstić information content (AvgIpc) is 2.40. The third kappa shape index (κ3) is 2.88. The normalized spacial score (nSPS) is 12.4. The van der Waals surface area contributed by atoms with Gasteiger partial charge in [-0.15, -0.1) is 0 Å². The van der Waals surface area contributed by atoms with Crippen LogP contribution in [-0.4, -0.2) is 10.2 Å². The SMILES string of the molecule is CCCc1cccc(C(N)c2ccnnc2)c1. The predicted octanol–water partition coefficient (Wildman–Crippen LogP) is 2.48. The monoisotopic (exact) mass is 227 g/mol. The van der Waals surface area contributed by atoms with Crippen molar-refractivity contribution in [3.05, 3.63) is 59.4 Å². The van der Waals surface area contributed by atoms with E-state index in [0.29, 0.717) is 0 Å². The van der Waals surface area contributed by atoms with Gasteiger partial charge in [0.25, 0.3) is 0 Å². The van der Waals surface area contributed by atoms with Gasteiger partial charge in [0.1, 0.15) is 0 Å². The van der Waals surface area contributed by atoms with Crippen molar-refractivity contribution in [1.82, 2.24) is 10.2 Å². The van der Waals surface area contributed by atoms with Gasteiger partial charge in [-0.2, -0.15) is 10.2 Å². The van der Waals surface area contributed by atoms with Crippen LogP contribution in [0.25, 0.3) is 0 Å². The van der Waals surface area contributed by atoms with E-state index in [1.165, 1.54) is 5.56 Å². The molecule has 17 heavy (non-hydrogen) atoms. The van der Waals surface area contributed by atoms with Crippen LogP contribution in [0.1, 0.15) is 36.1 Å². The molecule has 3 nitrogen and oxygen atoms in total. The van der Waals surface area contributed by atoms with Gasteiger partial charge in [0.15, 0.2) is 0 Å². The number of nitrogens with two attached hydrogens (primary N) is 1. The molecule has 2 rings (SSSR count). The first-order valence-electron chi connectivity index (χ1n) is 5.92. The van der Waals surface area contributed by atoms with Crippen molar-refractivity contribution in [2.45, 2.75) is 25.8 Å². The van der Waals surface area contributed by atoms with Crippen LogP contribution < -0.4 is 5.73 Å². The molecule has 0 spiro atoms. The van der Waals surface area contributed by atoms with E-state index >= 15 is 0 Å². The van der Waals surface area contributed by atoms with E-state index in [1.54, 1.807) is 12.4 Å². The molecule has 0 bridgehead atoms.